The first kappa shape index (κ1) is 15.4. The molecule has 1 aliphatic carbocycles. The van der Waals surface area contributed by atoms with Crippen LogP contribution in [0.1, 0.15) is 31.1 Å². The van der Waals surface area contributed by atoms with E-state index in [0.717, 1.165) is 31.1 Å². The zero-order valence-corrected chi connectivity index (χ0v) is 13.7. The molecular weight excluding hydrogens is 298 g/mol. The maximum atomic E-state index is 6.07. The lowest BCUT2D eigenvalue weighted by atomic mass is 10.3. The topological polar surface area (TPSA) is 30.3 Å². The summed E-state index contributed by atoms with van der Waals surface area (Å²) in [6, 6.07) is 8.28. The first-order valence-corrected chi connectivity index (χ1v) is 8.19. The fraction of sp³-hybridized carbons (Fsp3) is 0.471. The maximum Gasteiger partial charge on any atom is 0.137 e. The van der Waals surface area contributed by atoms with E-state index >= 15 is 0 Å². The van der Waals surface area contributed by atoms with Gasteiger partial charge in [-0.3, -0.25) is 4.90 Å². The lowest BCUT2D eigenvalue weighted by Gasteiger charge is -2.17. The molecule has 1 aliphatic rings. The second-order valence-corrected chi connectivity index (χ2v) is 6.26. The van der Waals surface area contributed by atoms with Crippen molar-refractivity contribution in [1.82, 2.24) is 14.5 Å². The number of aromatic nitrogens is 2. The molecule has 4 nitrogen and oxygen atoms in total. The van der Waals surface area contributed by atoms with Crippen molar-refractivity contribution in [2.24, 2.45) is 0 Å². The minimum Gasteiger partial charge on any atom is -0.492 e. The Hall–Kier alpha value is -1.52. The smallest absolute Gasteiger partial charge is 0.137 e. The molecule has 1 heterocycles. The van der Waals surface area contributed by atoms with Gasteiger partial charge >= 0.3 is 0 Å². The fourth-order valence-corrected chi connectivity index (χ4v) is 2.74. The Morgan fingerprint density at radius 1 is 1.36 bits per heavy atom. The summed E-state index contributed by atoms with van der Waals surface area (Å²) in [6.07, 6.45) is 7.55. The van der Waals surface area contributed by atoms with Crippen LogP contribution in [0, 0.1) is 0 Å². The Balaban J connectivity index is 1.40. The Labute approximate surface area is 136 Å². The van der Waals surface area contributed by atoms with E-state index in [0.29, 0.717) is 17.7 Å². The zero-order chi connectivity index (χ0) is 15.4. The van der Waals surface area contributed by atoms with Crippen molar-refractivity contribution in [3.8, 4) is 5.75 Å². The molecule has 118 valence electrons. The van der Waals surface area contributed by atoms with Crippen molar-refractivity contribution in [1.29, 1.82) is 0 Å². The lowest BCUT2D eigenvalue weighted by molar-refractivity contribution is 0.254. The molecule has 1 fully saturated rings. The summed E-state index contributed by atoms with van der Waals surface area (Å²) in [5.74, 6) is 1.92. The normalized spacial score (nSPS) is 14.5. The summed E-state index contributed by atoms with van der Waals surface area (Å²) in [4.78, 5) is 6.77. The Morgan fingerprint density at radius 3 is 2.95 bits per heavy atom. The van der Waals surface area contributed by atoms with Crippen LogP contribution in [0.15, 0.2) is 36.7 Å². The van der Waals surface area contributed by atoms with Crippen LogP contribution in [0.4, 0.5) is 0 Å². The predicted octanol–water partition coefficient (Wildman–Crippen LogP) is 3.77. The molecule has 0 N–H and O–H groups in total. The summed E-state index contributed by atoms with van der Waals surface area (Å²) >= 11 is 6.07. The number of nitrogens with zero attached hydrogens (tertiary/aromatic N) is 3. The van der Waals surface area contributed by atoms with Crippen LogP contribution >= 0.6 is 11.6 Å². The van der Waals surface area contributed by atoms with E-state index < -0.39 is 0 Å². The summed E-state index contributed by atoms with van der Waals surface area (Å²) in [5.41, 5.74) is 0. The van der Waals surface area contributed by atoms with Crippen molar-refractivity contribution in [3.63, 3.8) is 0 Å². The maximum absolute atomic E-state index is 6.07. The van der Waals surface area contributed by atoms with Crippen LogP contribution in [0.5, 0.6) is 5.75 Å². The number of benzene rings is 1. The molecule has 0 amide bonds. The zero-order valence-electron chi connectivity index (χ0n) is 12.9. The molecule has 3 rings (SSSR count). The molecule has 0 radical (unpaired) electrons. The second kappa shape index (κ2) is 7.16. The Morgan fingerprint density at radius 2 is 2.18 bits per heavy atom. The molecule has 0 aliphatic heterocycles. The van der Waals surface area contributed by atoms with Gasteiger partial charge in [0.2, 0.25) is 0 Å². The molecule has 0 unspecified atom stereocenters. The van der Waals surface area contributed by atoms with Crippen LogP contribution in [-0.4, -0.2) is 34.7 Å². The number of para-hydroxylation sites is 1. The van der Waals surface area contributed by atoms with Gasteiger partial charge in [0.15, 0.2) is 0 Å². The number of hydrogen-bond acceptors (Lipinski definition) is 3. The van der Waals surface area contributed by atoms with Gasteiger partial charge in [-0.25, -0.2) is 4.98 Å². The van der Waals surface area contributed by atoms with Crippen molar-refractivity contribution in [2.45, 2.75) is 31.8 Å². The molecule has 0 spiro atoms. The van der Waals surface area contributed by atoms with Gasteiger partial charge in [0.1, 0.15) is 11.6 Å². The summed E-state index contributed by atoms with van der Waals surface area (Å²) < 4.78 is 8.03. The van der Waals surface area contributed by atoms with E-state index in [9.17, 15) is 0 Å². The van der Waals surface area contributed by atoms with E-state index in [1.54, 1.807) is 0 Å². The van der Waals surface area contributed by atoms with Crippen LogP contribution in [0.25, 0.3) is 0 Å². The number of halogens is 1. The predicted molar refractivity (Wildman–Crippen MR) is 88.4 cm³/mol. The van der Waals surface area contributed by atoms with Gasteiger partial charge in [-0.2, -0.15) is 0 Å². The second-order valence-electron chi connectivity index (χ2n) is 5.85. The van der Waals surface area contributed by atoms with E-state index in [1.165, 1.54) is 12.8 Å². The van der Waals surface area contributed by atoms with Crippen molar-refractivity contribution < 1.29 is 4.74 Å². The van der Waals surface area contributed by atoms with Crippen LogP contribution in [0.2, 0.25) is 5.02 Å². The van der Waals surface area contributed by atoms with Crippen LogP contribution in [0.3, 0.4) is 0 Å². The van der Waals surface area contributed by atoms with Gasteiger partial charge < -0.3 is 9.30 Å². The monoisotopic (exact) mass is 319 g/mol. The first-order chi connectivity index (χ1) is 10.7. The minimum absolute atomic E-state index is 0.669. The quantitative estimate of drug-likeness (QED) is 0.694. The number of ether oxygens (including phenoxy) is 1. The molecule has 0 atom stereocenters. The standard InChI is InChI=1S/C17H22ClN3O/c1-20(13-17-19-9-11-21(17)14-7-8-14)10-4-12-22-16-6-3-2-5-15(16)18/h2-3,5-6,9,11,14H,4,7-8,10,12-13H2,1H3. The minimum atomic E-state index is 0.669. The highest BCUT2D eigenvalue weighted by atomic mass is 35.5. The average molecular weight is 320 g/mol. The third-order valence-corrected chi connectivity index (χ3v) is 4.19. The SMILES string of the molecule is CN(CCCOc1ccccc1Cl)Cc1nccn1C1CC1. The molecular formula is C17H22ClN3O. The van der Waals surface area contributed by atoms with E-state index in [4.69, 9.17) is 16.3 Å². The van der Waals surface area contributed by atoms with E-state index in [2.05, 4.69) is 27.7 Å². The Bertz CT molecular complexity index is 609. The lowest BCUT2D eigenvalue weighted by Crippen LogP contribution is -2.22. The third kappa shape index (κ3) is 4.02. The fourth-order valence-electron chi connectivity index (χ4n) is 2.55. The highest BCUT2D eigenvalue weighted by Crippen LogP contribution is 2.35. The van der Waals surface area contributed by atoms with Gasteiger partial charge in [-0.05, 0) is 38.4 Å². The largest absolute Gasteiger partial charge is 0.492 e. The molecule has 1 saturated carbocycles. The number of rotatable bonds is 8. The molecule has 0 bridgehead atoms. The molecule has 5 heteroatoms. The van der Waals surface area contributed by atoms with Crippen molar-refractivity contribution >= 4 is 11.6 Å². The first-order valence-electron chi connectivity index (χ1n) is 7.81. The molecule has 0 saturated heterocycles. The van der Waals surface area contributed by atoms with E-state index in [-0.39, 0.29) is 0 Å². The molecule has 1 aromatic carbocycles. The molecule has 1 aromatic heterocycles. The third-order valence-electron chi connectivity index (χ3n) is 3.88. The van der Waals surface area contributed by atoms with Gasteiger partial charge in [0.25, 0.3) is 0 Å². The Kier molecular flexibility index (Phi) is 5.01. The summed E-state index contributed by atoms with van der Waals surface area (Å²) in [5, 5.41) is 0.669. The summed E-state index contributed by atoms with van der Waals surface area (Å²) in [7, 11) is 2.13. The highest BCUT2D eigenvalue weighted by molar-refractivity contribution is 6.32. The van der Waals surface area contributed by atoms with Gasteiger partial charge in [0.05, 0.1) is 18.2 Å². The number of hydrogen-bond donors (Lipinski definition) is 0. The van der Waals surface area contributed by atoms with E-state index in [1.807, 2.05) is 30.5 Å². The molecule has 22 heavy (non-hydrogen) atoms. The van der Waals surface area contributed by atoms with Crippen LogP contribution in [-0.2, 0) is 6.54 Å². The van der Waals surface area contributed by atoms with Gasteiger partial charge in [-0.15, -0.1) is 0 Å². The van der Waals surface area contributed by atoms with Crippen molar-refractivity contribution in [2.75, 3.05) is 20.2 Å². The average Bonchev–Trinajstić information content (AvgIpc) is 3.26. The molecule has 2 aromatic rings. The van der Waals surface area contributed by atoms with Crippen LogP contribution < -0.4 is 4.74 Å². The van der Waals surface area contributed by atoms with Gasteiger partial charge in [-0.1, -0.05) is 23.7 Å². The van der Waals surface area contributed by atoms with Crippen molar-refractivity contribution in [3.05, 3.63) is 47.5 Å². The highest BCUT2D eigenvalue weighted by Gasteiger charge is 2.25. The summed E-state index contributed by atoms with van der Waals surface area (Å²) in [6.45, 7) is 2.53. The van der Waals surface area contributed by atoms with Gasteiger partial charge in [0, 0.05) is 25.0 Å². The number of imidazole rings is 1.